The van der Waals surface area contributed by atoms with Crippen LogP contribution in [-0.4, -0.2) is 31.5 Å². The Labute approximate surface area is 149 Å². The highest BCUT2D eigenvalue weighted by molar-refractivity contribution is 9.10. The lowest BCUT2D eigenvalue weighted by Crippen LogP contribution is -2.29. The van der Waals surface area contributed by atoms with Crippen molar-refractivity contribution >= 4 is 21.8 Å². The first-order valence-corrected chi connectivity index (χ1v) is 8.31. The predicted molar refractivity (Wildman–Crippen MR) is 95.3 cm³/mol. The number of benzene rings is 2. The van der Waals surface area contributed by atoms with Crippen LogP contribution in [0.4, 0.5) is 4.39 Å². The maximum atomic E-state index is 13.6. The zero-order valence-electron chi connectivity index (χ0n) is 13.7. The van der Waals surface area contributed by atoms with Crippen molar-refractivity contribution in [2.24, 2.45) is 0 Å². The number of halogens is 2. The number of nitrogens with one attached hydrogen (secondary N) is 1. The number of hydrogen-bond acceptors (Lipinski definition) is 3. The summed E-state index contributed by atoms with van der Waals surface area (Å²) < 4.78 is 19.5. The van der Waals surface area contributed by atoms with Gasteiger partial charge in [-0.05, 0) is 43.4 Å². The standard InChI is InChI=1S/C18H20BrFN2O2/c1-22(2)11-14-6-4-3-5-13(14)10-21-18(23)12-24-17-8-7-15(19)9-16(17)20/h3-9H,10-12H2,1-2H3,(H,21,23). The molecule has 0 bridgehead atoms. The summed E-state index contributed by atoms with van der Waals surface area (Å²) in [6, 6.07) is 12.4. The van der Waals surface area contributed by atoms with Gasteiger partial charge in [0.15, 0.2) is 18.2 Å². The Kier molecular flexibility index (Phi) is 6.75. The Balaban J connectivity index is 1.87. The van der Waals surface area contributed by atoms with E-state index >= 15 is 0 Å². The summed E-state index contributed by atoms with van der Waals surface area (Å²) in [4.78, 5) is 14.0. The average Bonchev–Trinajstić information content (AvgIpc) is 2.52. The van der Waals surface area contributed by atoms with Crippen molar-refractivity contribution in [2.45, 2.75) is 13.1 Å². The van der Waals surface area contributed by atoms with Crippen LogP contribution in [0.1, 0.15) is 11.1 Å². The first-order chi connectivity index (χ1) is 11.5. The van der Waals surface area contributed by atoms with E-state index in [2.05, 4.69) is 26.1 Å². The summed E-state index contributed by atoms with van der Waals surface area (Å²) in [5.41, 5.74) is 2.21. The largest absolute Gasteiger partial charge is 0.481 e. The van der Waals surface area contributed by atoms with Crippen molar-refractivity contribution in [1.82, 2.24) is 10.2 Å². The van der Waals surface area contributed by atoms with Crippen LogP contribution in [0.25, 0.3) is 0 Å². The molecule has 0 saturated carbocycles. The van der Waals surface area contributed by atoms with E-state index in [9.17, 15) is 9.18 Å². The van der Waals surface area contributed by atoms with Gasteiger partial charge in [-0.15, -0.1) is 0 Å². The summed E-state index contributed by atoms with van der Waals surface area (Å²) >= 11 is 3.17. The molecule has 0 aliphatic heterocycles. The van der Waals surface area contributed by atoms with Crippen molar-refractivity contribution in [1.29, 1.82) is 0 Å². The van der Waals surface area contributed by atoms with Gasteiger partial charge in [-0.2, -0.15) is 0 Å². The van der Waals surface area contributed by atoms with E-state index in [1.54, 1.807) is 6.07 Å². The van der Waals surface area contributed by atoms with Gasteiger partial charge in [-0.3, -0.25) is 4.79 Å². The fraction of sp³-hybridized carbons (Fsp3) is 0.278. The number of carbonyl (C=O) groups is 1. The van der Waals surface area contributed by atoms with Gasteiger partial charge in [0.1, 0.15) is 0 Å². The van der Waals surface area contributed by atoms with E-state index in [4.69, 9.17) is 4.74 Å². The van der Waals surface area contributed by atoms with Crippen molar-refractivity contribution in [3.8, 4) is 5.75 Å². The fourth-order valence-corrected chi connectivity index (χ4v) is 2.54. The lowest BCUT2D eigenvalue weighted by molar-refractivity contribution is -0.123. The molecule has 0 fully saturated rings. The molecule has 0 unspecified atom stereocenters. The minimum Gasteiger partial charge on any atom is -0.481 e. The second-order valence-electron chi connectivity index (χ2n) is 5.65. The minimum atomic E-state index is -0.506. The van der Waals surface area contributed by atoms with Crippen molar-refractivity contribution < 1.29 is 13.9 Å². The third-order valence-corrected chi connectivity index (χ3v) is 3.83. The van der Waals surface area contributed by atoms with Gasteiger partial charge in [0, 0.05) is 17.6 Å². The molecule has 4 nitrogen and oxygen atoms in total. The zero-order valence-corrected chi connectivity index (χ0v) is 15.3. The Morgan fingerprint density at radius 1 is 1.21 bits per heavy atom. The molecule has 2 aromatic carbocycles. The average molecular weight is 395 g/mol. The number of ether oxygens (including phenoxy) is 1. The van der Waals surface area contributed by atoms with E-state index in [0.29, 0.717) is 11.0 Å². The summed E-state index contributed by atoms with van der Waals surface area (Å²) in [6.45, 7) is 0.982. The molecule has 0 saturated heterocycles. The molecule has 0 spiro atoms. The zero-order chi connectivity index (χ0) is 17.5. The van der Waals surface area contributed by atoms with E-state index in [1.807, 2.05) is 38.4 Å². The lowest BCUT2D eigenvalue weighted by atomic mass is 10.1. The number of rotatable bonds is 7. The number of carbonyl (C=O) groups excluding carboxylic acids is 1. The lowest BCUT2D eigenvalue weighted by Gasteiger charge is -2.15. The molecule has 0 heterocycles. The van der Waals surface area contributed by atoms with Gasteiger partial charge in [-0.25, -0.2) is 4.39 Å². The second-order valence-corrected chi connectivity index (χ2v) is 6.56. The van der Waals surface area contributed by atoms with Crippen molar-refractivity contribution in [3.05, 3.63) is 63.9 Å². The van der Waals surface area contributed by atoms with Gasteiger partial charge >= 0.3 is 0 Å². The maximum Gasteiger partial charge on any atom is 0.258 e. The smallest absolute Gasteiger partial charge is 0.258 e. The highest BCUT2D eigenvalue weighted by atomic mass is 79.9. The molecule has 0 aliphatic rings. The molecule has 6 heteroatoms. The first-order valence-electron chi connectivity index (χ1n) is 7.52. The van der Waals surface area contributed by atoms with Crippen molar-refractivity contribution in [3.63, 3.8) is 0 Å². The number of amides is 1. The van der Waals surface area contributed by atoms with Gasteiger partial charge < -0.3 is 15.0 Å². The normalized spacial score (nSPS) is 10.7. The molecule has 0 atom stereocenters. The van der Waals surface area contributed by atoms with Crippen LogP contribution in [-0.2, 0) is 17.9 Å². The molecule has 0 aromatic heterocycles. The molecule has 1 N–H and O–H groups in total. The van der Waals surface area contributed by atoms with Crippen LogP contribution in [0.3, 0.4) is 0 Å². The van der Waals surface area contributed by atoms with Crippen LogP contribution in [0.2, 0.25) is 0 Å². The highest BCUT2D eigenvalue weighted by Crippen LogP contribution is 2.21. The molecule has 2 aromatic rings. The van der Waals surface area contributed by atoms with E-state index < -0.39 is 5.82 Å². The van der Waals surface area contributed by atoms with E-state index in [1.165, 1.54) is 12.1 Å². The third-order valence-electron chi connectivity index (χ3n) is 3.33. The third kappa shape index (κ3) is 5.62. The second kappa shape index (κ2) is 8.80. The van der Waals surface area contributed by atoms with E-state index in [0.717, 1.165) is 17.7 Å². The van der Waals surface area contributed by atoms with Gasteiger partial charge in [-0.1, -0.05) is 40.2 Å². The molecule has 0 aliphatic carbocycles. The molecule has 2 rings (SSSR count). The van der Waals surface area contributed by atoms with E-state index in [-0.39, 0.29) is 18.3 Å². The van der Waals surface area contributed by atoms with Gasteiger partial charge in [0.2, 0.25) is 0 Å². The summed E-state index contributed by atoms with van der Waals surface area (Å²) in [7, 11) is 3.99. The monoisotopic (exact) mass is 394 g/mol. The molecular weight excluding hydrogens is 375 g/mol. The van der Waals surface area contributed by atoms with Crippen LogP contribution in [0, 0.1) is 5.82 Å². The Bertz CT molecular complexity index is 707. The first kappa shape index (κ1) is 18.4. The summed E-state index contributed by atoms with van der Waals surface area (Å²) in [5.74, 6) is -0.744. The maximum absolute atomic E-state index is 13.6. The summed E-state index contributed by atoms with van der Waals surface area (Å²) in [5, 5.41) is 2.80. The molecule has 0 radical (unpaired) electrons. The Hall–Kier alpha value is -1.92. The SMILES string of the molecule is CN(C)Cc1ccccc1CNC(=O)COc1ccc(Br)cc1F. The fourth-order valence-electron chi connectivity index (χ4n) is 2.21. The molecule has 24 heavy (non-hydrogen) atoms. The summed E-state index contributed by atoms with van der Waals surface area (Å²) in [6.07, 6.45) is 0. The predicted octanol–water partition coefficient (Wildman–Crippen LogP) is 3.35. The van der Waals surface area contributed by atoms with Crippen LogP contribution in [0.15, 0.2) is 46.9 Å². The molecule has 128 valence electrons. The highest BCUT2D eigenvalue weighted by Gasteiger charge is 2.09. The molecule has 1 amide bonds. The molecular formula is C18H20BrFN2O2. The minimum absolute atomic E-state index is 0.0568. The van der Waals surface area contributed by atoms with Crippen LogP contribution < -0.4 is 10.1 Å². The number of hydrogen-bond donors (Lipinski definition) is 1. The van der Waals surface area contributed by atoms with Gasteiger partial charge in [0.05, 0.1) is 0 Å². The Morgan fingerprint density at radius 2 is 1.92 bits per heavy atom. The van der Waals surface area contributed by atoms with Gasteiger partial charge in [0.25, 0.3) is 5.91 Å². The topological polar surface area (TPSA) is 41.6 Å². The Morgan fingerprint density at radius 3 is 2.58 bits per heavy atom. The van der Waals surface area contributed by atoms with Crippen molar-refractivity contribution in [2.75, 3.05) is 20.7 Å². The quantitative estimate of drug-likeness (QED) is 0.782. The van der Waals surface area contributed by atoms with Crippen LogP contribution in [0.5, 0.6) is 5.75 Å². The van der Waals surface area contributed by atoms with Crippen LogP contribution >= 0.6 is 15.9 Å². The number of nitrogens with zero attached hydrogens (tertiary/aromatic N) is 1.